The second-order valence-corrected chi connectivity index (χ2v) is 4.62. The van der Waals surface area contributed by atoms with Gasteiger partial charge in [-0.05, 0) is 31.5 Å². The van der Waals surface area contributed by atoms with Gasteiger partial charge in [-0.15, -0.1) is 10.2 Å². The Morgan fingerprint density at radius 1 is 1.38 bits per heavy atom. The molecule has 0 aliphatic heterocycles. The first-order valence-corrected chi connectivity index (χ1v) is 6.07. The van der Waals surface area contributed by atoms with Crippen molar-refractivity contribution in [2.45, 2.75) is 19.8 Å². The third kappa shape index (κ3) is 2.43. The van der Waals surface area contributed by atoms with Crippen LogP contribution in [0, 0.1) is 6.92 Å². The number of aromatic nitrogens is 3. The summed E-state index contributed by atoms with van der Waals surface area (Å²) in [5, 5.41) is 10.2. The molecule has 2 aromatic rings. The van der Waals surface area contributed by atoms with Gasteiger partial charge in [-0.3, -0.25) is 4.98 Å². The van der Waals surface area contributed by atoms with Crippen molar-refractivity contribution in [2.24, 2.45) is 5.73 Å². The van der Waals surface area contributed by atoms with Crippen LogP contribution in [0.5, 0.6) is 0 Å². The molecular weight excluding hydrogens is 220 g/mol. The minimum Gasteiger partial charge on any atom is -0.330 e. The third-order valence-electron chi connectivity index (χ3n) is 2.27. The molecule has 0 atom stereocenters. The number of pyridine rings is 1. The van der Waals surface area contributed by atoms with E-state index >= 15 is 0 Å². The van der Waals surface area contributed by atoms with E-state index in [0.29, 0.717) is 6.54 Å². The Kier molecular flexibility index (Phi) is 3.58. The molecule has 2 aromatic heterocycles. The molecule has 0 aliphatic rings. The molecule has 2 rings (SSSR count). The maximum atomic E-state index is 5.46. The first-order chi connectivity index (χ1) is 7.81. The number of nitrogens with two attached hydrogens (primary N) is 1. The van der Waals surface area contributed by atoms with Gasteiger partial charge < -0.3 is 5.73 Å². The molecule has 0 aromatic carbocycles. The van der Waals surface area contributed by atoms with Crippen molar-refractivity contribution in [2.75, 3.05) is 6.54 Å². The van der Waals surface area contributed by atoms with Crippen LogP contribution in [-0.2, 0) is 6.42 Å². The van der Waals surface area contributed by atoms with Crippen LogP contribution in [-0.4, -0.2) is 21.7 Å². The topological polar surface area (TPSA) is 64.7 Å². The molecule has 5 heteroatoms. The van der Waals surface area contributed by atoms with Crippen LogP contribution in [0.15, 0.2) is 18.3 Å². The van der Waals surface area contributed by atoms with Crippen molar-refractivity contribution in [3.8, 4) is 10.7 Å². The quantitative estimate of drug-likeness (QED) is 0.876. The third-order valence-corrected chi connectivity index (χ3v) is 3.26. The zero-order valence-electron chi connectivity index (χ0n) is 9.18. The van der Waals surface area contributed by atoms with Gasteiger partial charge in [0.2, 0.25) is 0 Å². The highest BCUT2D eigenvalue weighted by molar-refractivity contribution is 7.14. The predicted octanol–water partition coefficient (Wildman–Crippen LogP) is 1.80. The van der Waals surface area contributed by atoms with Gasteiger partial charge in [0.25, 0.3) is 0 Å². The van der Waals surface area contributed by atoms with E-state index in [1.807, 2.05) is 19.1 Å². The number of hydrogen-bond acceptors (Lipinski definition) is 5. The monoisotopic (exact) mass is 234 g/mol. The molecule has 0 aliphatic carbocycles. The van der Waals surface area contributed by atoms with Crippen LogP contribution in [0.25, 0.3) is 10.7 Å². The summed E-state index contributed by atoms with van der Waals surface area (Å²) in [6.07, 6.45) is 3.64. The summed E-state index contributed by atoms with van der Waals surface area (Å²) < 4.78 is 0. The molecule has 2 N–H and O–H groups in total. The molecule has 4 nitrogen and oxygen atoms in total. The highest BCUT2D eigenvalue weighted by Gasteiger charge is 2.09. The first-order valence-electron chi connectivity index (χ1n) is 5.25. The van der Waals surface area contributed by atoms with Gasteiger partial charge in [0.15, 0.2) is 5.01 Å². The normalized spacial score (nSPS) is 10.6. The van der Waals surface area contributed by atoms with E-state index in [0.717, 1.165) is 34.1 Å². The Morgan fingerprint density at radius 3 is 3.00 bits per heavy atom. The van der Waals surface area contributed by atoms with Crippen molar-refractivity contribution in [3.05, 3.63) is 28.9 Å². The van der Waals surface area contributed by atoms with Crippen molar-refractivity contribution in [3.63, 3.8) is 0 Å². The minimum atomic E-state index is 0.692. The summed E-state index contributed by atoms with van der Waals surface area (Å²) in [7, 11) is 0. The molecule has 0 unspecified atom stereocenters. The van der Waals surface area contributed by atoms with Gasteiger partial charge in [0, 0.05) is 12.6 Å². The van der Waals surface area contributed by atoms with Crippen LogP contribution in [0.3, 0.4) is 0 Å². The summed E-state index contributed by atoms with van der Waals surface area (Å²) in [5.74, 6) is 0. The molecule has 0 radical (unpaired) electrons. The maximum absolute atomic E-state index is 5.46. The predicted molar refractivity (Wildman–Crippen MR) is 65.3 cm³/mol. The van der Waals surface area contributed by atoms with Gasteiger partial charge in [-0.2, -0.15) is 0 Å². The average molecular weight is 234 g/mol. The van der Waals surface area contributed by atoms with Crippen LogP contribution in [0.1, 0.15) is 17.0 Å². The highest BCUT2D eigenvalue weighted by atomic mass is 32.1. The fourth-order valence-corrected chi connectivity index (χ4v) is 2.36. The van der Waals surface area contributed by atoms with Crippen molar-refractivity contribution < 1.29 is 0 Å². The van der Waals surface area contributed by atoms with Gasteiger partial charge in [0.05, 0.1) is 0 Å². The summed E-state index contributed by atoms with van der Waals surface area (Å²) in [5.41, 5.74) is 7.52. The van der Waals surface area contributed by atoms with Crippen molar-refractivity contribution in [1.82, 2.24) is 15.2 Å². The lowest BCUT2D eigenvalue weighted by Crippen LogP contribution is -1.99. The number of rotatable bonds is 4. The lowest BCUT2D eigenvalue weighted by molar-refractivity contribution is 0.812. The Labute approximate surface area is 98.6 Å². The lowest BCUT2D eigenvalue weighted by Gasteiger charge is -1.97. The standard InChI is InChI=1S/C11H14N4S/c1-8-4-3-7-13-10(8)11-15-14-9(16-11)5-2-6-12/h3-4,7H,2,5-6,12H2,1H3. The molecule has 0 spiro atoms. The molecule has 2 heterocycles. The smallest absolute Gasteiger partial charge is 0.166 e. The van der Waals surface area contributed by atoms with Crippen LogP contribution >= 0.6 is 11.3 Å². The molecule has 0 fully saturated rings. The zero-order chi connectivity index (χ0) is 11.4. The van der Waals surface area contributed by atoms with Crippen LogP contribution < -0.4 is 5.73 Å². The minimum absolute atomic E-state index is 0.692. The van der Waals surface area contributed by atoms with E-state index in [1.165, 1.54) is 0 Å². The SMILES string of the molecule is Cc1cccnc1-c1nnc(CCCN)s1. The number of nitrogens with zero attached hydrogens (tertiary/aromatic N) is 3. The molecule has 84 valence electrons. The maximum Gasteiger partial charge on any atom is 0.166 e. The van der Waals surface area contributed by atoms with Gasteiger partial charge in [0.1, 0.15) is 10.7 Å². The summed E-state index contributed by atoms with van der Waals surface area (Å²) in [4.78, 5) is 4.33. The van der Waals surface area contributed by atoms with Crippen molar-refractivity contribution in [1.29, 1.82) is 0 Å². The Morgan fingerprint density at radius 2 is 2.25 bits per heavy atom. The zero-order valence-corrected chi connectivity index (χ0v) is 10.00. The van der Waals surface area contributed by atoms with Gasteiger partial charge >= 0.3 is 0 Å². The molecule has 0 bridgehead atoms. The fourth-order valence-electron chi connectivity index (χ4n) is 1.41. The summed E-state index contributed by atoms with van der Waals surface area (Å²) in [6, 6.07) is 3.96. The number of hydrogen-bond donors (Lipinski definition) is 1. The Hall–Kier alpha value is -1.33. The second kappa shape index (κ2) is 5.14. The van der Waals surface area contributed by atoms with Crippen LogP contribution in [0.2, 0.25) is 0 Å². The highest BCUT2D eigenvalue weighted by Crippen LogP contribution is 2.24. The Balaban J connectivity index is 2.22. The molecule has 16 heavy (non-hydrogen) atoms. The van der Waals surface area contributed by atoms with E-state index in [1.54, 1.807) is 17.5 Å². The summed E-state index contributed by atoms with van der Waals surface area (Å²) in [6.45, 7) is 2.72. The van der Waals surface area contributed by atoms with E-state index in [2.05, 4.69) is 15.2 Å². The summed E-state index contributed by atoms with van der Waals surface area (Å²) >= 11 is 1.60. The Bertz CT molecular complexity index is 467. The van der Waals surface area contributed by atoms with Gasteiger partial charge in [-0.25, -0.2) is 0 Å². The molecular formula is C11H14N4S. The van der Waals surface area contributed by atoms with E-state index in [-0.39, 0.29) is 0 Å². The van der Waals surface area contributed by atoms with E-state index in [9.17, 15) is 0 Å². The van der Waals surface area contributed by atoms with E-state index < -0.39 is 0 Å². The van der Waals surface area contributed by atoms with Gasteiger partial charge in [-0.1, -0.05) is 17.4 Å². The molecule has 0 amide bonds. The lowest BCUT2D eigenvalue weighted by atomic mass is 10.2. The second-order valence-electron chi connectivity index (χ2n) is 3.56. The van der Waals surface area contributed by atoms with Crippen molar-refractivity contribution >= 4 is 11.3 Å². The average Bonchev–Trinajstić information content (AvgIpc) is 2.75. The fraction of sp³-hybridized carbons (Fsp3) is 0.364. The van der Waals surface area contributed by atoms with E-state index in [4.69, 9.17) is 5.73 Å². The largest absolute Gasteiger partial charge is 0.330 e. The van der Waals surface area contributed by atoms with Crippen LogP contribution in [0.4, 0.5) is 0 Å². The first kappa shape index (κ1) is 11.2. The molecule has 0 saturated carbocycles. The number of aryl methyl sites for hydroxylation is 2. The molecule has 0 saturated heterocycles.